The highest BCUT2D eigenvalue weighted by atomic mass is 35.5. The van der Waals surface area contributed by atoms with Gasteiger partial charge in [-0.25, -0.2) is 0 Å². The highest BCUT2D eigenvalue weighted by Gasteiger charge is 2.21. The second-order valence-corrected chi connectivity index (χ2v) is 6.51. The summed E-state index contributed by atoms with van der Waals surface area (Å²) in [4.78, 5) is 38.1. The molecular weight excluding hydrogens is 372 g/mol. The molecule has 0 aliphatic carbocycles. The molecule has 0 saturated carbocycles. The van der Waals surface area contributed by atoms with Gasteiger partial charge in [0.15, 0.2) is 0 Å². The van der Waals surface area contributed by atoms with Crippen molar-refractivity contribution in [2.24, 2.45) is 0 Å². The Hall–Kier alpha value is -3.13. The number of hydrogen-bond acceptors (Lipinski definition) is 5. The largest absolute Gasteiger partial charge is 0.372 e. The number of benzene rings is 2. The first-order valence-electron chi connectivity index (χ1n) is 7.95. The first-order chi connectivity index (χ1) is 12.7. The van der Waals surface area contributed by atoms with Gasteiger partial charge < -0.3 is 15.1 Å². The van der Waals surface area contributed by atoms with Gasteiger partial charge in [0.1, 0.15) is 5.69 Å². The highest BCUT2D eigenvalue weighted by molar-refractivity contribution is 6.30. The van der Waals surface area contributed by atoms with Crippen LogP contribution in [0.4, 0.5) is 17.1 Å². The summed E-state index contributed by atoms with van der Waals surface area (Å²) in [6.45, 7) is -0.204. The maximum atomic E-state index is 12.5. The van der Waals surface area contributed by atoms with Gasteiger partial charge in [-0.3, -0.25) is 19.7 Å². The van der Waals surface area contributed by atoms with Gasteiger partial charge in [0.05, 0.1) is 11.5 Å². The minimum absolute atomic E-state index is 0.133. The van der Waals surface area contributed by atoms with Gasteiger partial charge in [-0.2, -0.15) is 0 Å². The summed E-state index contributed by atoms with van der Waals surface area (Å²) in [5.74, 6) is -0.887. The zero-order valence-electron chi connectivity index (χ0n) is 15.1. The van der Waals surface area contributed by atoms with Crippen molar-refractivity contribution in [3.63, 3.8) is 0 Å². The van der Waals surface area contributed by atoms with Crippen molar-refractivity contribution in [1.82, 2.24) is 4.90 Å². The second kappa shape index (κ2) is 8.50. The molecule has 0 saturated heterocycles. The van der Waals surface area contributed by atoms with Gasteiger partial charge in [0.2, 0.25) is 5.91 Å². The Morgan fingerprint density at radius 2 is 1.74 bits per heavy atom. The van der Waals surface area contributed by atoms with Gasteiger partial charge in [-0.05, 0) is 36.4 Å². The van der Waals surface area contributed by atoms with E-state index in [2.05, 4.69) is 5.32 Å². The van der Waals surface area contributed by atoms with E-state index in [1.165, 1.54) is 30.1 Å². The van der Waals surface area contributed by atoms with Crippen LogP contribution in [0, 0.1) is 10.1 Å². The average Bonchev–Trinajstić information content (AvgIpc) is 2.62. The van der Waals surface area contributed by atoms with Crippen molar-refractivity contribution in [3.8, 4) is 0 Å². The summed E-state index contributed by atoms with van der Waals surface area (Å²) in [5.41, 5.74) is 0.898. The first-order valence-corrected chi connectivity index (χ1v) is 8.33. The number of nitrogens with one attached hydrogen (secondary N) is 1. The number of halogens is 1. The Balaban J connectivity index is 2.10. The number of likely N-dealkylation sites (N-methyl/N-ethyl adjacent to an activating group) is 1. The summed E-state index contributed by atoms with van der Waals surface area (Å²) in [5, 5.41) is 14.5. The van der Waals surface area contributed by atoms with Gasteiger partial charge in [-0.15, -0.1) is 0 Å². The maximum Gasteiger partial charge on any atom is 0.293 e. The summed E-state index contributed by atoms with van der Waals surface area (Å²) >= 11 is 5.79. The topological polar surface area (TPSA) is 95.8 Å². The predicted octanol–water partition coefficient (Wildman–Crippen LogP) is 3.02. The summed E-state index contributed by atoms with van der Waals surface area (Å²) in [6, 6.07) is 10.8. The molecule has 8 nitrogen and oxygen atoms in total. The molecule has 0 unspecified atom stereocenters. The van der Waals surface area contributed by atoms with Crippen LogP contribution in [0.2, 0.25) is 5.02 Å². The van der Waals surface area contributed by atoms with Crippen molar-refractivity contribution in [3.05, 3.63) is 63.2 Å². The summed E-state index contributed by atoms with van der Waals surface area (Å²) in [7, 11) is 4.81. The molecule has 0 atom stereocenters. The molecular formula is C18H19ClN4O4. The molecule has 142 valence electrons. The number of nitro groups is 1. The zero-order valence-corrected chi connectivity index (χ0v) is 15.9. The van der Waals surface area contributed by atoms with E-state index in [-0.39, 0.29) is 17.8 Å². The molecule has 0 bridgehead atoms. The van der Waals surface area contributed by atoms with Crippen molar-refractivity contribution in [2.75, 3.05) is 37.9 Å². The Labute approximate surface area is 161 Å². The molecule has 2 amide bonds. The SMILES string of the molecule is CN(CC(=O)Nc1ccc(Cl)cc1)C(=O)c1ccc(N(C)C)c([N+](=O)[O-])c1. The standard InChI is InChI=1S/C18H19ClN4O4/c1-21(2)15-9-4-12(10-16(15)23(26)27)18(25)22(3)11-17(24)20-14-7-5-13(19)6-8-14/h4-10H,11H2,1-3H3,(H,20,24). The van der Waals surface area contributed by atoms with Crippen molar-refractivity contribution in [2.45, 2.75) is 0 Å². The van der Waals surface area contributed by atoms with Crippen LogP contribution in [0.1, 0.15) is 10.4 Å². The van der Waals surface area contributed by atoms with E-state index in [4.69, 9.17) is 11.6 Å². The van der Waals surface area contributed by atoms with Gasteiger partial charge >= 0.3 is 0 Å². The van der Waals surface area contributed by atoms with Crippen LogP contribution in [-0.4, -0.2) is 49.3 Å². The monoisotopic (exact) mass is 390 g/mol. The first kappa shape index (κ1) is 20.2. The van der Waals surface area contributed by atoms with Crippen LogP contribution in [0.5, 0.6) is 0 Å². The lowest BCUT2D eigenvalue weighted by Gasteiger charge is -2.18. The molecule has 0 aromatic heterocycles. The van der Waals surface area contributed by atoms with Crippen molar-refractivity contribution >= 4 is 40.5 Å². The molecule has 9 heteroatoms. The number of nitrogens with zero attached hydrogens (tertiary/aromatic N) is 3. The van der Waals surface area contributed by atoms with Crippen LogP contribution >= 0.6 is 11.6 Å². The molecule has 0 fully saturated rings. The smallest absolute Gasteiger partial charge is 0.293 e. The van der Waals surface area contributed by atoms with E-state index in [1.54, 1.807) is 43.3 Å². The van der Waals surface area contributed by atoms with Crippen molar-refractivity contribution < 1.29 is 14.5 Å². The normalized spacial score (nSPS) is 10.2. The number of rotatable bonds is 6. The van der Waals surface area contributed by atoms with Gasteiger partial charge in [-0.1, -0.05) is 11.6 Å². The fraction of sp³-hybridized carbons (Fsp3) is 0.222. The summed E-state index contributed by atoms with van der Waals surface area (Å²) in [6.07, 6.45) is 0. The van der Waals surface area contributed by atoms with Gasteiger partial charge in [0, 0.05) is 43.5 Å². The molecule has 2 rings (SSSR count). The highest BCUT2D eigenvalue weighted by Crippen LogP contribution is 2.28. The van der Waals surface area contributed by atoms with Crippen molar-refractivity contribution in [1.29, 1.82) is 0 Å². The third-order valence-electron chi connectivity index (χ3n) is 3.76. The molecule has 0 aliphatic rings. The number of amides is 2. The van der Waals surface area contributed by atoms with E-state index >= 15 is 0 Å². The molecule has 0 heterocycles. The average molecular weight is 391 g/mol. The Morgan fingerprint density at radius 1 is 1.11 bits per heavy atom. The number of carbonyl (C=O) groups excluding carboxylic acids is 2. The van der Waals surface area contributed by atoms with E-state index in [9.17, 15) is 19.7 Å². The van der Waals surface area contributed by atoms with Gasteiger partial charge in [0.25, 0.3) is 11.6 Å². The fourth-order valence-corrected chi connectivity index (χ4v) is 2.55. The minimum Gasteiger partial charge on any atom is -0.372 e. The van der Waals surface area contributed by atoms with E-state index in [0.717, 1.165) is 0 Å². The lowest BCUT2D eigenvalue weighted by Crippen LogP contribution is -2.35. The molecule has 0 spiro atoms. The van der Waals surface area contributed by atoms with E-state index in [0.29, 0.717) is 16.4 Å². The predicted molar refractivity (Wildman–Crippen MR) is 104 cm³/mol. The molecule has 2 aromatic carbocycles. The lowest BCUT2D eigenvalue weighted by atomic mass is 10.1. The van der Waals surface area contributed by atoms with Crippen LogP contribution in [0.15, 0.2) is 42.5 Å². The number of hydrogen-bond donors (Lipinski definition) is 1. The fourth-order valence-electron chi connectivity index (χ4n) is 2.42. The molecule has 0 aliphatic heterocycles. The quantitative estimate of drug-likeness (QED) is 0.604. The Bertz CT molecular complexity index is 868. The zero-order chi connectivity index (χ0) is 20.1. The minimum atomic E-state index is -0.542. The Kier molecular flexibility index (Phi) is 6.36. The van der Waals surface area contributed by atoms with Crippen LogP contribution in [0.25, 0.3) is 0 Å². The molecule has 2 aromatic rings. The maximum absolute atomic E-state index is 12.5. The third kappa shape index (κ3) is 5.18. The van der Waals surface area contributed by atoms with Crippen LogP contribution in [0.3, 0.4) is 0 Å². The summed E-state index contributed by atoms with van der Waals surface area (Å²) < 4.78 is 0. The third-order valence-corrected chi connectivity index (χ3v) is 4.01. The number of nitro benzene ring substituents is 1. The van der Waals surface area contributed by atoms with Crippen LogP contribution in [-0.2, 0) is 4.79 Å². The number of carbonyl (C=O) groups is 2. The van der Waals surface area contributed by atoms with Crippen LogP contribution < -0.4 is 10.2 Å². The molecule has 1 N–H and O–H groups in total. The molecule has 0 radical (unpaired) electrons. The second-order valence-electron chi connectivity index (χ2n) is 6.07. The lowest BCUT2D eigenvalue weighted by molar-refractivity contribution is -0.384. The van der Waals surface area contributed by atoms with E-state index < -0.39 is 16.7 Å². The molecule has 27 heavy (non-hydrogen) atoms. The Morgan fingerprint density at radius 3 is 2.30 bits per heavy atom. The number of anilines is 2. The van der Waals surface area contributed by atoms with E-state index in [1.807, 2.05) is 0 Å².